The molecule has 0 bridgehead atoms. The van der Waals surface area contributed by atoms with Gasteiger partial charge in [0.2, 0.25) is 0 Å². The minimum atomic E-state index is 0.720. The van der Waals surface area contributed by atoms with Crippen molar-refractivity contribution in [3.8, 4) is 32.5 Å². The molecule has 112 valence electrons. The molecule has 0 fully saturated rings. The summed E-state index contributed by atoms with van der Waals surface area (Å²) in [7, 11) is 0. The highest BCUT2D eigenvalue weighted by molar-refractivity contribution is 7.20. The second-order valence-corrected chi connectivity index (χ2v) is 7.10. The number of aromatic nitrogens is 2. The molecule has 0 N–H and O–H groups in total. The second-order valence-electron chi connectivity index (χ2n) is 4.95. The number of hydrogen-bond acceptors (Lipinski definition) is 4. The Bertz CT molecular complexity index is 944. The number of rotatable bonds is 3. The van der Waals surface area contributed by atoms with E-state index in [1.54, 1.807) is 22.7 Å². The highest BCUT2D eigenvalue weighted by Gasteiger charge is 2.11. The van der Waals surface area contributed by atoms with E-state index in [9.17, 15) is 0 Å². The highest BCUT2D eigenvalue weighted by Crippen LogP contribution is 2.33. The van der Waals surface area contributed by atoms with Gasteiger partial charge in [0.15, 0.2) is 10.0 Å². The lowest BCUT2D eigenvalue weighted by Crippen LogP contribution is -1.80. The fourth-order valence-electron chi connectivity index (χ4n) is 2.27. The Hall–Kier alpha value is -2.01. The molecule has 5 heteroatoms. The lowest BCUT2D eigenvalue weighted by atomic mass is 10.2. The van der Waals surface area contributed by atoms with Gasteiger partial charge in [0, 0.05) is 26.9 Å². The van der Waals surface area contributed by atoms with Crippen LogP contribution in [0.15, 0.2) is 65.4 Å². The van der Waals surface area contributed by atoms with Gasteiger partial charge in [-0.25, -0.2) is 9.97 Å². The molecule has 0 spiro atoms. The molecule has 2 aromatic carbocycles. The third-order valence-corrected chi connectivity index (χ3v) is 5.44. The van der Waals surface area contributed by atoms with Gasteiger partial charge in [0.05, 0.1) is 11.4 Å². The standard InChI is InChI=1S/C18H11ClN2S2/c19-14-8-4-7-13(9-14)16-11-23-18(21-16)17-20-15(10-22-17)12-5-2-1-3-6-12/h1-11H. The molecule has 0 atom stereocenters. The Morgan fingerprint density at radius 1 is 0.696 bits per heavy atom. The first-order valence-electron chi connectivity index (χ1n) is 7.02. The van der Waals surface area contributed by atoms with E-state index < -0.39 is 0 Å². The Balaban J connectivity index is 1.66. The molecule has 2 nitrogen and oxygen atoms in total. The van der Waals surface area contributed by atoms with Crippen LogP contribution >= 0.6 is 34.3 Å². The summed E-state index contributed by atoms with van der Waals surface area (Å²) in [6.07, 6.45) is 0. The molecule has 2 aromatic heterocycles. The summed E-state index contributed by atoms with van der Waals surface area (Å²) in [6, 6.07) is 17.9. The van der Waals surface area contributed by atoms with E-state index in [1.807, 2.05) is 47.8 Å². The van der Waals surface area contributed by atoms with Crippen LogP contribution in [0.5, 0.6) is 0 Å². The van der Waals surface area contributed by atoms with Crippen LogP contribution in [0, 0.1) is 0 Å². The van der Waals surface area contributed by atoms with Crippen molar-refractivity contribution in [1.29, 1.82) is 0 Å². The first kappa shape index (κ1) is 14.6. The molecule has 0 aliphatic heterocycles. The zero-order valence-corrected chi connectivity index (χ0v) is 14.3. The van der Waals surface area contributed by atoms with Gasteiger partial charge in [0.25, 0.3) is 0 Å². The minimum Gasteiger partial charge on any atom is -0.233 e. The Labute approximate surface area is 147 Å². The van der Waals surface area contributed by atoms with Crippen LogP contribution in [0.1, 0.15) is 0 Å². The average Bonchev–Trinajstić information content (AvgIpc) is 3.25. The van der Waals surface area contributed by atoms with Crippen LogP contribution < -0.4 is 0 Å². The summed E-state index contributed by atoms with van der Waals surface area (Å²) in [5.41, 5.74) is 4.08. The maximum atomic E-state index is 6.06. The fraction of sp³-hybridized carbons (Fsp3) is 0. The molecule has 0 aliphatic carbocycles. The van der Waals surface area contributed by atoms with Crippen molar-refractivity contribution in [2.45, 2.75) is 0 Å². The smallest absolute Gasteiger partial charge is 0.152 e. The largest absolute Gasteiger partial charge is 0.233 e. The Morgan fingerprint density at radius 2 is 1.30 bits per heavy atom. The fourth-order valence-corrected chi connectivity index (χ4v) is 4.16. The average molecular weight is 355 g/mol. The van der Waals surface area contributed by atoms with E-state index in [2.05, 4.69) is 17.5 Å². The maximum absolute atomic E-state index is 6.06. The van der Waals surface area contributed by atoms with Gasteiger partial charge in [-0.2, -0.15) is 0 Å². The van der Waals surface area contributed by atoms with Crippen molar-refractivity contribution in [1.82, 2.24) is 9.97 Å². The molecule has 0 unspecified atom stereocenters. The third kappa shape index (κ3) is 3.06. The normalized spacial score (nSPS) is 10.8. The molecule has 2 heterocycles. The van der Waals surface area contributed by atoms with E-state index in [0.717, 1.165) is 37.6 Å². The monoisotopic (exact) mass is 354 g/mol. The van der Waals surface area contributed by atoms with Gasteiger partial charge in [-0.3, -0.25) is 0 Å². The summed E-state index contributed by atoms with van der Waals surface area (Å²) in [4.78, 5) is 9.42. The van der Waals surface area contributed by atoms with E-state index >= 15 is 0 Å². The quantitative estimate of drug-likeness (QED) is 0.434. The predicted molar refractivity (Wildman–Crippen MR) is 99.1 cm³/mol. The first-order chi connectivity index (χ1) is 11.3. The van der Waals surface area contributed by atoms with Crippen LogP contribution in [0.2, 0.25) is 5.02 Å². The van der Waals surface area contributed by atoms with Gasteiger partial charge < -0.3 is 0 Å². The van der Waals surface area contributed by atoms with Gasteiger partial charge in [-0.1, -0.05) is 54.1 Å². The highest BCUT2D eigenvalue weighted by atomic mass is 35.5. The van der Waals surface area contributed by atoms with Crippen molar-refractivity contribution in [2.75, 3.05) is 0 Å². The molecule has 0 saturated carbocycles. The lowest BCUT2D eigenvalue weighted by molar-refractivity contribution is 1.35. The van der Waals surface area contributed by atoms with Crippen LogP contribution in [-0.2, 0) is 0 Å². The first-order valence-corrected chi connectivity index (χ1v) is 9.16. The third-order valence-electron chi connectivity index (χ3n) is 3.38. The summed E-state index contributed by atoms with van der Waals surface area (Å²) in [5.74, 6) is 0. The Kier molecular flexibility index (Phi) is 3.95. The van der Waals surface area contributed by atoms with E-state index in [0.29, 0.717) is 0 Å². The van der Waals surface area contributed by atoms with Crippen molar-refractivity contribution in [2.24, 2.45) is 0 Å². The minimum absolute atomic E-state index is 0.720. The SMILES string of the molecule is Clc1cccc(-c2csc(-c3nc(-c4ccccc4)cs3)n2)c1. The molecule has 0 amide bonds. The predicted octanol–water partition coefficient (Wildman–Crippen LogP) is 6.25. The molecule has 0 saturated heterocycles. The van der Waals surface area contributed by atoms with Crippen LogP contribution in [-0.4, -0.2) is 9.97 Å². The van der Waals surface area contributed by atoms with Crippen LogP contribution in [0.4, 0.5) is 0 Å². The van der Waals surface area contributed by atoms with E-state index in [4.69, 9.17) is 21.6 Å². The summed E-state index contributed by atoms with van der Waals surface area (Å²) in [5, 5.41) is 6.72. The zero-order chi connectivity index (χ0) is 15.6. The molecule has 0 aliphatic rings. The second kappa shape index (κ2) is 6.24. The number of thiazole rings is 2. The maximum Gasteiger partial charge on any atom is 0.152 e. The van der Waals surface area contributed by atoms with Crippen LogP contribution in [0.25, 0.3) is 32.5 Å². The molecule has 0 radical (unpaired) electrons. The Morgan fingerprint density at radius 3 is 1.96 bits per heavy atom. The molecular weight excluding hydrogens is 344 g/mol. The number of benzene rings is 2. The summed E-state index contributed by atoms with van der Waals surface area (Å²) >= 11 is 9.28. The van der Waals surface area contributed by atoms with E-state index in [1.165, 1.54) is 0 Å². The number of hydrogen-bond donors (Lipinski definition) is 0. The number of nitrogens with zero attached hydrogens (tertiary/aromatic N) is 2. The lowest BCUT2D eigenvalue weighted by Gasteiger charge is -1.96. The zero-order valence-electron chi connectivity index (χ0n) is 11.9. The van der Waals surface area contributed by atoms with Crippen molar-refractivity contribution >= 4 is 34.3 Å². The molecular formula is C18H11ClN2S2. The van der Waals surface area contributed by atoms with Crippen LogP contribution in [0.3, 0.4) is 0 Å². The van der Waals surface area contributed by atoms with Gasteiger partial charge in [0.1, 0.15) is 0 Å². The van der Waals surface area contributed by atoms with Gasteiger partial charge in [-0.05, 0) is 12.1 Å². The molecule has 4 rings (SSSR count). The van der Waals surface area contributed by atoms with Crippen molar-refractivity contribution < 1.29 is 0 Å². The van der Waals surface area contributed by atoms with E-state index in [-0.39, 0.29) is 0 Å². The summed E-state index contributed by atoms with van der Waals surface area (Å²) < 4.78 is 0. The van der Waals surface area contributed by atoms with Crippen molar-refractivity contribution in [3.05, 3.63) is 70.4 Å². The topological polar surface area (TPSA) is 25.8 Å². The van der Waals surface area contributed by atoms with Crippen molar-refractivity contribution in [3.63, 3.8) is 0 Å². The van der Waals surface area contributed by atoms with Gasteiger partial charge >= 0.3 is 0 Å². The molecule has 23 heavy (non-hydrogen) atoms. The summed E-state index contributed by atoms with van der Waals surface area (Å²) in [6.45, 7) is 0. The number of halogens is 1. The van der Waals surface area contributed by atoms with Gasteiger partial charge in [-0.15, -0.1) is 22.7 Å². The molecule has 4 aromatic rings.